The summed E-state index contributed by atoms with van der Waals surface area (Å²) >= 11 is 5.77. The Balaban J connectivity index is 2.22. The van der Waals surface area contributed by atoms with Gasteiger partial charge in [0, 0.05) is 10.6 Å². The van der Waals surface area contributed by atoms with Gasteiger partial charge in [-0.2, -0.15) is 0 Å². The fourth-order valence-corrected chi connectivity index (χ4v) is 1.29. The molecule has 1 nitrogen and oxygen atoms in total. The minimum absolute atomic E-state index is 0.683. The van der Waals surface area contributed by atoms with Crippen molar-refractivity contribution in [3.8, 4) is 11.8 Å². The van der Waals surface area contributed by atoms with Crippen molar-refractivity contribution in [3.05, 3.63) is 58.5 Å². The van der Waals surface area contributed by atoms with Crippen LogP contribution in [-0.2, 0) is 0 Å². The molecule has 1 aromatic carbocycles. The van der Waals surface area contributed by atoms with Crippen molar-refractivity contribution >= 4 is 11.6 Å². The SMILES string of the molecule is Cc1ccc(C#Cc2ccc(Cl)cc2)o1. The lowest BCUT2D eigenvalue weighted by Crippen LogP contribution is -1.72. The molecule has 0 saturated heterocycles. The van der Waals surface area contributed by atoms with Crippen molar-refractivity contribution < 1.29 is 4.42 Å². The van der Waals surface area contributed by atoms with E-state index in [9.17, 15) is 0 Å². The van der Waals surface area contributed by atoms with Crippen LogP contribution in [0.1, 0.15) is 17.1 Å². The van der Waals surface area contributed by atoms with Crippen LogP contribution in [0.3, 0.4) is 0 Å². The van der Waals surface area contributed by atoms with Crippen LogP contribution < -0.4 is 0 Å². The molecule has 1 aromatic heterocycles. The Morgan fingerprint density at radius 3 is 2.33 bits per heavy atom. The number of halogens is 1. The van der Waals surface area contributed by atoms with E-state index in [2.05, 4.69) is 11.8 Å². The molecule has 0 N–H and O–H groups in total. The summed E-state index contributed by atoms with van der Waals surface area (Å²) in [6, 6.07) is 11.2. The van der Waals surface area contributed by atoms with Crippen molar-refractivity contribution in [3.63, 3.8) is 0 Å². The van der Waals surface area contributed by atoms with Gasteiger partial charge in [0.15, 0.2) is 5.76 Å². The van der Waals surface area contributed by atoms with E-state index in [-0.39, 0.29) is 0 Å². The fraction of sp³-hybridized carbons (Fsp3) is 0.0769. The first kappa shape index (κ1) is 9.89. The van der Waals surface area contributed by atoms with E-state index in [1.54, 1.807) is 0 Å². The lowest BCUT2D eigenvalue weighted by molar-refractivity contribution is 0.522. The van der Waals surface area contributed by atoms with Gasteiger partial charge in [0.05, 0.1) is 0 Å². The standard InChI is InChI=1S/C13H9ClO/c1-10-2-8-13(15-10)9-5-11-3-6-12(14)7-4-11/h2-4,6-8H,1H3. The quantitative estimate of drug-likeness (QED) is 0.613. The number of benzene rings is 1. The van der Waals surface area contributed by atoms with Crippen LogP contribution in [0.5, 0.6) is 0 Å². The Morgan fingerprint density at radius 2 is 1.73 bits per heavy atom. The van der Waals surface area contributed by atoms with Crippen LogP contribution in [-0.4, -0.2) is 0 Å². The monoisotopic (exact) mass is 216 g/mol. The van der Waals surface area contributed by atoms with Gasteiger partial charge in [-0.25, -0.2) is 0 Å². The molecule has 0 fully saturated rings. The minimum Gasteiger partial charge on any atom is -0.453 e. The molecule has 0 bridgehead atoms. The molecular formula is C13H9ClO. The maximum atomic E-state index is 5.77. The average Bonchev–Trinajstić information content (AvgIpc) is 2.64. The number of hydrogen-bond acceptors (Lipinski definition) is 1. The first-order chi connectivity index (χ1) is 7.24. The van der Waals surface area contributed by atoms with Crippen LogP contribution in [0.4, 0.5) is 0 Å². The molecule has 0 aliphatic rings. The Kier molecular flexibility index (Phi) is 2.80. The first-order valence-corrected chi connectivity index (χ1v) is 4.96. The highest BCUT2D eigenvalue weighted by Gasteiger charge is 1.92. The highest BCUT2D eigenvalue weighted by atomic mass is 35.5. The summed E-state index contributed by atoms with van der Waals surface area (Å²) in [6.45, 7) is 1.90. The van der Waals surface area contributed by atoms with E-state index in [4.69, 9.17) is 16.0 Å². The van der Waals surface area contributed by atoms with Gasteiger partial charge >= 0.3 is 0 Å². The summed E-state index contributed by atoms with van der Waals surface area (Å²) < 4.78 is 5.33. The van der Waals surface area contributed by atoms with Crippen molar-refractivity contribution in [2.45, 2.75) is 6.92 Å². The Morgan fingerprint density at radius 1 is 1.00 bits per heavy atom. The summed E-state index contributed by atoms with van der Waals surface area (Å²) in [6.07, 6.45) is 0. The molecule has 0 aliphatic carbocycles. The van der Waals surface area contributed by atoms with Gasteiger partial charge in [0.1, 0.15) is 5.76 Å². The van der Waals surface area contributed by atoms with E-state index < -0.39 is 0 Å². The van der Waals surface area contributed by atoms with E-state index in [1.807, 2.05) is 43.3 Å². The molecule has 74 valence electrons. The van der Waals surface area contributed by atoms with Gasteiger partial charge in [0.25, 0.3) is 0 Å². The smallest absolute Gasteiger partial charge is 0.177 e. The van der Waals surface area contributed by atoms with Crippen LogP contribution in [0, 0.1) is 18.8 Å². The molecule has 0 amide bonds. The topological polar surface area (TPSA) is 13.1 Å². The number of furan rings is 1. The van der Waals surface area contributed by atoms with Gasteiger partial charge < -0.3 is 4.42 Å². The zero-order valence-corrected chi connectivity index (χ0v) is 9.01. The number of aryl methyl sites for hydroxylation is 1. The zero-order chi connectivity index (χ0) is 10.7. The van der Waals surface area contributed by atoms with Crippen molar-refractivity contribution in [2.24, 2.45) is 0 Å². The van der Waals surface area contributed by atoms with Gasteiger partial charge in [-0.05, 0) is 49.2 Å². The normalized spacial score (nSPS) is 9.47. The molecule has 0 spiro atoms. The largest absolute Gasteiger partial charge is 0.453 e. The minimum atomic E-state index is 0.683. The van der Waals surface area contributed by atoms with Crippen molar-refractivity contribution in [2.75, 3.05) is 0 Å². The van der Waals surface area contributed by atoms with E-state index in [0.717, 1.165) is 16.3 Å². The second-order valence-corrected chi connectivity index (χ2v) is 3.60. The molecule has 0 aliphatic heterocycles. The third kappa shape index (κ3) is 2.65. The second-order valence-electron chi connectivity index (χ2n) is 3.17. The number of hydrogen-bond donors (Lipinski definition) is 0. The van der Waals surface area contributed by atoms with E-state index in [0.29, 0.717) is 5.76 Å². The van der Waals surface area contributed by atoms with Gasteiger partial charge in [0.2, 0.25) is 0 Å². The van der Waals surface area contributed by atoms with E-state index >= 15 is 0 Å². The zero-order valence-electron chi connectivity index (χ0n) is 8.25. The summed E-state index contributed by atoms with van der Waals surface area (Å²) in [5.74, 6) is 7.49. The lowest BCUT2D eigenvalue weighted by atomic mass is 10.2. The summed E-state index contributed by atoms with van der Waals surface area (Å²) in [7, 11) is 0. The van der Waals surface area contributed by atoms with Crippen LogP contribution in [0.2, 0.25) is 5.02 Å². The van der Waals surface area contributed by atoms with Crippen molar-refractivity contribution in [1.29, 1.82) is 0 Å². The highest BCUT2D eigenvalue weighted by molar-refractivity contribution is 6.30. The Labute approximate surface area is 93.7 Å². The molecule has 15 heavy (non-hydrogen) atoms. The second kappa shape index (κ2) is 4.25. The Bertz CT molecular complexity index is 511. The summed E-state index contributed by atoms with van der Waals surface area (Å²) in [4.78, 5) is 0. The molecule has 0 radical (unpaired) electrons. The lowest BCUT2D eigenvalue weighted by Gasteiger charge is -1.89. The summed E-state index contributed by atoms with van der Waals surface area (Å²) in [5.41, 5.74) is 0.924. The molecule has 2 rings (SSSR count). The molecule has 2 heteroatoms. The summed E-state index contributed by atoms with van der Waals surface area (Å²) in [5, 5.41) is 0.717. The predicted octanol–water partition coefficient (Wildman–Crippen LogP) is 3.64. The van der Waals surface area contributed by atoms with Gasteiger partial charge in [-0.3, -0.25) is 0 Å². The maximum Gasteiger partial charge on any atom is 0.177 e. The molecule has 1 heterocycles. The van der Waals surface area contributed by atoms with E-state index in [1.165, 1.54) is 0 Å². The predicted molar refractivity (Wildman–Crippen MR) is 60.9 cm³/mol. The molecule has 2 aromatic rings. The number of rotatable bonds is 0. The van der Waals surface area contributed by atoms with Gasteiger partial charge in [-0.15, -0.1) is 0 Å². The van der Waals surface area contributed by atoms with Crippen LogP contribution >= 0.6 is 11.6 Å². The van der Waals surface area contributed by atoms with Gasteiger partial charge in [-0.1, -0.05) is 17.5 Å². The van der Waals surface area contributed by atoms with Crippen LogP contribution in [0.15, 0.2) is 40.8 Å². The molecule has 0 saturated carbocycles. The highest BCUT2D eigenvalue weighted by Crippen LogP contribution is 2.09. The molecular weight excluding hydrogens is 208 g/mol. The van der Waals surface area contributed by atoms with Crippen LogP contribution in [0.25, 0.3) is 0 Å². The van der Waals surface area contributed by atoms with Crippen molar-refractivity contribution in [1.82, 2.24) is 0 Å². The maximum absolute atomic E-state index is 5.77. The third-order valence-electron chi connectivity index (χ3n) is 1.91. The third-order valence-corrected chi connectivity index (χ3v) is 2.17. The fourth-order valence-electron chi connectivity index (χ4n) is 1.17. The average molecular weight is 217 g/mol. The molecule has 0 unspecified atom stereocenters. The molecule has 0 atom stereocenters. The Hall–Kier alpha value is -1.65. The first-order valence-electron chi connectivity index (χ1n) is 4.58.